The van der Waals surface area contributed by atoms with Gasteiger partial charge in [0.2, 0.25) is 0 Å². The Morgan fingerprint density at radius 3 is 1.62 bits per heavy atom. The molecule has 0 spiro atoms. The third-order valence-corrected chi connectivity index (χ3v) is 2.88. The van der Waals surface area contributed by atoms with Gasteiger partial charge in [-0.15, -0.1) is 0 Å². The molecule has 0 aliphatic rings. The van der Waals surface area contributed by atoms with Crippen LogP contribution in [0.4, 0.5) is 0 Å². The maximum Gasteiger partial charge on any atom is 0.308 e. The topological polar surface area (TPSA) is 63.2 Å². The second-order valence-corrected chi connectivity index (χ2v) is 6.49. The van der Waals surface area contributed by atoms with Gasteiger partial charge in [-0.25, -0.2) is 0 Å². The molecule has 24 heavy (non-hydrogen) atoms. The predicted octanol–water partition coefficient (Wildman–Crippen LogP) is 2.97. The summed E-state index contributed by atoms with van der Waals surface area (Å²) in [6.45, 7) is 12.2. The molecule has 0 saturated carbocycles. The van der Waals surface area contributed by atoms with Gasteiger partial charge in [0.15, 0.2) is 0 Å². The van der Waals surface area contributed by atoms with Crippen molar-refractivity contribution in [1.29, 1.82) is 0 Å². The van der Waals surface area contributed by atoms with E-state index in [1.54, 1.807) is 0 Å². The standard InChI is InChI=1S/C18H36O6/c1-5-6-7-9-20-11-13-22-15-16-23-14-12-21-10-8-17(19)24-18(2,3)4/h5-16H2,1-4H3. The van der Waals surface area contributed by atoms with Crippen molar-refractivity contribution in [1.82, 2.24) is 0 Å². The van der Waals surface area contributed by atoms with Gasteiger partial charge in [0.05, 0.1) is 52.7 Å². The first-order valence-corrected chi connectivity index (χ1v) is 8.98. The van der Waals surface area contributed by atoms with Crippen LogP contribution in [-0.4, -0.2) is 64.4 Å². The molecule has 0 amide bonds. The number of esters is 1. The first-order chi connectivity index (χ1) is 11.5. The molecule has 0 atom stereocenters. The fourth-order valence-corrected chi connectivity index (χ4v) is 1.76. The van der Waals surface area contributed by atoms with Gasteiger partial charge in [-0.1, -0.05) is 19.8 Å². The number of hydrogen-bond donors (Lipinski definition) is 0. The first-order valence-electron chi connectivity index (χ1n) is 8.98. The van der Waals surface area contributed by atoms with Crippen LogP contribution in [0.3, 0.4) is 0 Å². The average Bonchev–Trinajstić information content (AvgIpc) is 2.49. The maximum absolute atomic E-state index is 11.4. The minimum absolute atomic E-state index is 0.242. The molecule has 0 saturated heterocycles. The normalized spacial score (nSPS) is 11.7. The van der Waals surface area contributed by atoms with Gasteiger partial charge in [-0.3, -0.25) is 4.79 Å². The van der Waals surface area contributed by atoms with Crippen molar-refractivity contribution in [3.63, 3.8) is 0 Å². The zero-order chi connectivity index (χ0) is 18.1. The van der Waals surface area contributed by atoms with Crippen LogP contribution in [0.2, 0.25) is 0 Å². The van der Waals surface area contributed by atoms with Gasteiger partial charge in [0, 0.05) is 6.61 Å². The Bertz CT molecular complexity index is 288. The summed E-state index contributed by atoms with van der Waals surface area (Å²) in [5.74, 6) is -0.242. The van der Waals surface area contributed by atoms with E-state index in [0.717, 1.165) is 13.0 Å². The van der Waals surface area contributed by atoms with Gasteiger partial charge in [-0.05, 0) is 27.2 Å². The van der Waals surface area contributed by atoms with Gasteiger partial charge in [-0.2, -0.15) is 0 Å². The Labute approximate surface area is 147 Å². The van der Waals surface area contributed by atoms with Crippen LogP contribution >= 0.6 is 0 Å². The summed E-state index contributed by atoms with van der Waals surface area (Å²) in [7, 11) is 0. The molecule has 6 nitrogen and oxygen atoms in total. The number of rotatable bonds is 16. The number of carbonyl (C=O) groups excluding carboxylic acids is 1. The summed E-state index contributed by atoms with van der Waals surface area (Å²) >= 11 is 0. The molecular weight excluding hydrogens is 312 g/mol. The zero-order valence-corrected chi connectivity index (χ0v) is 15.9. The molecule has 144 valence electrons. The Morgan fingerprint density at radius 1 is 0.708 bits per heavy atom. The van der Waals surface area contributed by atoms with E-state index < -0.39 is 5.60 Å². The lowest BCUT2D eigenvalue weighted by molar-refractivity contribution is -0.156. The van der Waals surface area contributed by atoms with Crippen molar-refractivity contribution < 1.29 is 28.5 Å². The molecule has 0 aliphatic carbocycles. The Hall–Kier alpha value is -0.690. The highest BCUT2D eigenvalue weighted by molar-refractivity contribution is 5.69. The monoisotopic (exact) mass is 348 g/mol. The summed E-state index contributed by atoms with van der Waals surface area (Å²) < 4.78 is 26.7. The molecule has 0 aromatic heterocycles. The smallest absolute Gasteiger partial charge is 0.308 e. The van der Waals surface area contributed by atoms with Crippen molar-refractivity contribution in [2.75, 3.05) is 52.9 Å². The van der Waals surface area contributed by atoms with Crippen molar-refractivity contribution >= 4 is 5.97 Å². The Kier molecular flexibility index (Phi) is 15.4. The highest BCUT2D eigenvalue weighted by atomic mass is 16.6. The second-order valence-electron chi connectivity index (χ2n) is 6.49. The molecular formula is C18H36O6. The molecule has 0 rings (SSSR count). The lowest BCUT2D eigenvalue weighted by atomic mass is 10.2. The van der Waals surface area contributed by atoms with E-state index in [-0.39, 0.29) is 12.4 Å². The van der Waals surface area contributed by atoms with Crippen LogP contribution < -0.4 is 0 Å². The molecule has 0 N–H and O–H groups in total. The van der Waals surface area contributed by atoms with Gasteiger partial charge in [0.25, 0.3) is 0 Å². The average molecular weight is 348 g/mol. The van der Waals surface area contributed by atoms with E-state index in [9.17, 15) is 4.79 Å². The van der Waals surface area contributed by atoms with E-state index in [1.807, 2.05) is 20.8 Å². The number of unbranched alkanes of at least 4 members (excludes halogenated alkanes) is 2. The highest BCUT2D eigenvalue weighted by Crippen LogP contribution is 2.07. The minimum Gasteiger partial charge on any atom is -0.460 e. The lowest BCUT2D eigenvalue weighted by Gasteiger charge is -2.19. The van der Waals surface area contributed by atoms with Crippen molar-refractivity contribution in [3.8, 4) is 0 Å². The molecule has 0 aliphatic heterocycles. The SMILES string of the molecule is CCCCCOCCOCCOCCOCCC(=O)OC(C)(C)C. The summed E-state index contributed by atoms with van der Waals surface area (Å²) in [5.41, 5.74) is -0.444. The van der Waals surface area contributed by atoms with E-state index in [1.165, 1.54) is 12.8 Å². The molecule has 0 radical (unpaired) electrons. The highest BCUT2D eigenvalue weighted by Gasteiger charge is 2.15. The van der Waals surface area contributed by atoms with Crippen LogP contribution in [0.1, 0.15) is 53.4 Å². The first kappa shape index (κ1) is 23.3. The van der Waals surface area contributed by atoms with E-state index >= 15 is 0 Å². The lowest BCUT2D eigenvalue weighted by Crippen LogP contribution is -2.24. The van der Waals surface area contributed by atoms with E-state index in [4.69, 9.17) is 23.7 Å². The molecule has 0 fully saturated rings. The number of hydrogen-bond acceptors (Lipinski definition) is 6. The maximum atomic E-state index is 11.4. The van der Waals surface area contributed by atoms with E-state index in [0.29, 0.717) is 46.2 Å². The largest absolute Gasteiger partial charge is 0.460 e. The van der Waals surface area contributed by atoms with Crippen molar-refractivity contribution in [3.05, 3.63) is 0 Å². The van der Waals surface area contributed by atoms with Crippen LogP contribution in [-0.2, 0) is 28.5 Å². The van der Waals surface area contributed by atoms with Gasteiger partial charge < -0.3 is 23.7 Å². The minimum atomic E-state index is -0.444. The zero-order valence-electron chi connectivity index (χ0n) is 15.9. The predicted molar refractivity (Wildman–Crippen MR) is 93.3 cm³/mol. The summed E-state index contributed by atoms with van der Waals surface area (Å²) in [6.07, 6.45) is 3.81. The fraction of sp³-hybridized carbons (Fsp3) is 0.944. The molecule has 0 aromatic carbocycles. The quantitative estimate of drug-likeness (QED) is 0.316. The van der Waals surface area contributed by atoms with Crippen LogP contribution in [0.25, 0.3) is 0 Å². The molecule has 0 aromatic rings. The Balaban J connectivity index is 3.14. The number of carbonyl (C=O) groups is 1. The Morgan fingerprint density at radius 2 is 1.17 bits per heavy atom. The van der Waals surface area contributed by atoms with Gasteiger partial charge in [0.1, 0.15) is 5.60 Å². The van der Waals surface area contributed by atoms with Crippen molar-refractivity contribution in [2.24, 2.45) is 0 Å². The van der Waals surface area contributed by atoms with Crippen molar-refractivity contribution in [2.45, 2.75) is 59.0 Å². The third kappa shape index (κ3) is 19.4. The number of ether oxygens (including phenoxy) is 5. The second kappa shape index (κ2) is 15.8. The summed E-state index contributed by atoms with van der Waals surface area (Å²) in [4.78, 5) is 11.4. The molecule has 0 bridgehead atoms. The van der Waals surface area contributed by atoms with Crippen LogP contribution in [0.15, 0.2) is 0 Å². The molecule has 6 heteroatoms. The third-order valence-electron chi connectivity index (χ3n) is 2.88. The van der Waals surface area contributed by atoms with Gasteiger partial charge >= 0.3 is 5.97 Å². The van der Waals surface area contributed by atoms with Crippen LogP contribution in [0, 0.1) is 0 Å². The summed E-state index contributed by atoms with van der Waals surface area (Å²) in [6, 6.07) is 0. The fourth-order valence-electron chi connectivity index (χ4n) is 1.76. The van der Waals surface area contributed by atoms with E-state index in [2.05, 4.69) is 6.92 Å². The van der Waals surface area contributed by atoms with Crippen LogP contribution in [0.5, 0.6) is 0 Å². The summed E-state index contributed by atoms with van der Waals surface area (Å²) in [5, 5.41) is 0. The molecule has 0 heterocycles. The molecule has 0 unspecified atom stereocenters.